The summed E-state index contributed by atoms with van der Waals surface area (Å²) < 4.78 is 0. The number of carbonyl (C=O) groups excluding carboxylic acids is 2. The zero-order valence-corrected chi connectivity index (χ0v) is 23.6. The average Bonchev–Trinajstić information content (AvgIpc) is 3.40. The molecule has 4 aromatic rings. The SMILES string of the molecule is CC(c1c[nH]c2ccccc12)C(NC(=O)N1CCC(c2ccccc2)CC1)C(=O)Nc1cccc(CN(C)C)c1. The van der Waals surface area contributed by atoms with Crippen LogP contribution in [0, 0.1) is 0 Å². The summed E-state index contributed by atoms with van der Waals surface area (Å²) in [7, 11) is 4.03. The molecule has 7 nitrogen and oxygen atoms in total. The lowest BCUT2D eigenvalue weighted by atomic mass is 9.89. The van der Waals surface area contributed by atoms with Gasteiger partial charge in [-0.05, 0) is 67.7 Å². The van der Waals surface area contributed by atoms with Gasteiger partial charge in [0.25, 0.3) is 0 Å². The zero-order valence-electron chi connectivity index (χ0n) is 23.6. The molecule has 0 radical (unpaired) electrons. The number of nitrogens with zero attached hydrogens (tertiary/aromatic N) is 2. The minimum atomic E-state index is -0.754. The number of anilines is 1. The van der Waals surface area contributed by atoms with E-state index >= 15 is 0 Å². The van der Waals surface area contributed by atoms with Crippen LogP contribution in [0.4, 0.5) is 10.5 Å². The van der Waals surface area contributed by atoms with Crippen molar-refractivity contribution < 1.29 is 9.59 Å². The predicted molar refractivity (Wildman–Crippen MR) is 161 cm³/mol. The second-order valence-electron chi connectivity index (χ2n) is 11.1. The molecule has 1 aliphatic heterocycles. The molecule has 1 aliphatic rings. The van der Waals surface area contributed by atoms with Gasteiger partial charge >= 0.3 is 6.03 Å². The molecule has 40 heavy (non-hydrogen) atoms. The number of nitrogens with one attached hydrogen (secondary N) is 3. The number of amides is 3. The van der Waals surface area contributed by atoms with E-state index in [1.165, 1.54) is 5.56 Å². The average molecular weight is 538 g/mol. The number of urea groups is 1. The number of likely N-dealkylation sites (tertiary alicyclic amines) is 1. The third kappa shape index (κ3) is 6.37. The summed E-state index contributed by atoms with van der Waals surface area (Å²) in [6.45, 7) is 4.10. The maximum absolute atomic E-state index is 13.8. The van der Waals surface area contributed by atoms with Gasteiger partial charge in [0.05, 0.1) is 0 Å². The summed E-state index contributed by atoms with van der Waals surface area (Å²) in [6.07, 6.45) is 3.76. The van der Waals surface area contributed by atoms with E-state index in [4.69, 9.17) is 0 Å². The van der Waals surface area contributed by atoms with Gasteiger partial charge in [0.1, 0.15) is 6.04 Å². The number of aromatic nitrogens is 1. The molecule has 3 N–H and O–H groups in total. The normalized spacial score (nSPS) is 15.7. The second kappa shape index (κ2) is 12.4. The maximum atomic E-state index is 13.8. The minimum Gasteiger partial charge on any atom is -0.361 e. The van der Waals surface area contributed by atoms with Gasteiger partial charge in [-0.3, -0.25) is 4.79 Å². The number of rotatable bonds is 8. The molecule has 0 aliphatic carbocycles. The standard InChI is InChI=1S/C33H39N5O2/c1-23(29-21-34-30-15-8-7-14-28(29)30)31(32(39)35-27-13-9-10-24(20-27)22-37(2)3)36-33(40)38-18-16-26(17-19-38)25-11-5-4-6-12-25/h4-15,20-21,23,26,31,34H,16-19,22H2,1-3H3,(H,35,39)(H,36,40). The van der Waals surface area contributed by atoms with Crippen LogP contribution in [-0.4, -0.2) is 59.9 Å². The van der Waals surface area contributed by atoms with Crippen LogP contribution in [0.1, 0.15) is 48.3 Å². The first-order valence-electron chi connectivity index (χ1n) is 14.1. The quantitative estimate of drug-likeness (QED) is 0.261. The number of hydrogen-bond donors (Lipinski definition) is 3. The minimum absolute atomic E-state index is 0.195. The fourth-order valence-electron chi connectivity index (χ4n) is 5.77. The lowest BCUT2D eigenvalue weighted by molar-refractivity contribution is -0.118. The smallest absolute Gasteiger partial charge is 0.318 e. The van der Waals surface area contributed by atoms with Crippen LogP contribution in [-0.2, 0) is 11.3 Å². The highest BCUT2D eigenvalue weighted by Crippen LogP contribution is 2.30. The molecule has 0 bridgehead atoms. The van der Waals surface area contributed by atoms with Crippen LogP contribution in [0.3, 0.4) is 0 Å². The van der Waals surface area contributed by atoms with Crippen LogP contribution in [0.5, 0.6) is 0 Å². The van der Waals surface area contributed by atoms with E-state index in [2.05, 4.69) is 44.8 Å². The monoisotopic (exact) mass is 537 g/mol. The van der Waals surface area contributed by atoms with Crippen molar-refractivity contribution in [3.05, 3.63) is 102 Å². The first-order valence-corrected chi connectivity index (χ1v) is 14.1. The van der Waals surface area contributed by atoms with Crippen LogP contribution in [0.15, 0.2) is 85.1 Å². The number of para-hydroxylation sites is 1. The number of aromatic amines is 1. The summed E-state index contributed by atoms with van der Waals surface area (Å²) in [5.41, 5.74) is 5.16. The van der Waals surface area contributed by atoms with Gasteiger partial charge in [-0.15, -0.1) is 0 Å². The van der Waals surface area contributed by atoms with E-state index in [1.807, 2.05) is 86.7 Å². The molecule has 3 aromatic carbocycles. The van der Waals surface area contributed by atoms with E-state index in [0.717, 1.165) is 47.1 Å². The van der Waals surface area contributed by atoms with Gasteiger partial charge in [-0.2, -0.15) is 0 Å². The van der Waals surface area contributed by atoms with Gasteiger partial charge in [-0.25, -0.2) is 4.79 Å². The van der Waals surface area contributed by atoms with E-state index in [-0.39, 0.29) is 17.9 Å². The Morgan fingerprint density at radius 2 is 1.70 bits per heavy atom. The molecule has 2 heterocycles. The van der Waals surface area contributed by atoms with Gasteiger partial charge in [0.15, 0.2) is 0 Å². The van der Waals surface area contributed by atoms with E-state index in [9.17, 15) is 9.59 Å². The zero-order chi connectivity index (χ0) is 28.1. The predicted octanol–water partition coefficient (Wildman–Crippen LogP) is 5.93. The molecule has 1 saturated heterocycles. The van der Waals surface area contributed by atoms with Crippen molar-refractivity contribution in [3.63, 3.8) is 0 Å². The molecule has 0 spiro atoms. The summed E-state index contributed by atoms with van der Waals surface area (Å²) in [5.74, 6) is -0.0387. The summed E-state index contributed by atoms with van der Waals surface area (Å²) in [5, 5.41) is 7.25. The molecule has 1 aromatic heterocycles. The number of fused-ring (bicyclic) bond motifs is 1. The number of carbonyl (C=O) groups is 2. The van der Waals surface area contributed by atoms with Crippen molar-refractivity contribution in [3.8, 4) is 0 Å². The highest BCUT2D eigenvalue weighted by molar-refractivity contribution is 5.98. The molecular formula is C33H39N5O2. The van der Waals surface area contributed by atoms with Gasteiger partial charge in [-0.1, -0.05) is 67.6 Å². The maximum Gasteiger partial charge on any atom is 0.318 e. The van der Waals surface area contributed by atoms with Crippen LogP contribution < -0.4 is 10.6 Å². The molecule has 7 heteroatoms. The number of hydrogen-bond acceptors (Lipinski definition) is 3. The second-order valence-corrected chi connectivity index (χ2v) is 11.1. The molecule has 2 atom stereocenters. The molecule has 2 unspecified atom stereocenters. The Kier molecular flexibility index (Phi) is 8.51. The first-order chi connectivity index (χ1) is 19.4. The van der Waals surface area contributed by atoms with Gasteiger partial charge in [0, 0.05) is 48.3 Å². The summed E-state index contributed by atoms with van der Waals surface area (Å²) >= 11 is 0. The van der Waals surface area contributed by atoms with E-state index in [0.29, 0.717) is 19.0 Å². The summed E-state index contributed by atoms with van der Waals surface area (Å²) in [6, 6.07) is 25.5. The molecule has 208 valence electrons. The fourth-order valence-corrected chi connectivity index (χ4v) is 5.77. The molecule has 0 saturated carbocycles. The Balaban J connectivity index is 1.34. The van der Waals surface area contributed by atoms with Crippen molar-refractivity contribution in [2.24, 2.45) is 0 Å². The molecule has 1 fully saturated rings. The topological polar surface area (TPSA) is 80.5 Å². The Morgan fingerprint density at radius 3 is 2.45 bits per heavy atom. The van der Waals surface area contributed by atoms with Crippen molar-refractivity contribution in [2.75, 3.05) is 32.5 Å². The van der Waals surface area contributed by atoms with Crippen molar-refractivity contribution in [1.29, 1.82) is 0 Å². The molecule has 3 amide bonds. The lowest BCUT2D eigenvalue weighted by Gasteiger charge is -2.34. The largest absolute Gasteiger partial charge is 0.361 e. The fraction of sp³-hybridized carbons (Fsp3) is 0.333. The van der Waals surface area contributed by atoms with Crippen LogP contribution >= 0.6 is 0 Å². The number of H-pyrrole nitrogens is 1. The van der Waals surface area contributed by atoms with Crippen LogP contribution in [0.2, 0.25) is 0 Å². The first kappa shape index (κ1) is 27.5. The third-order valence-corrected chi connectivity index (χ3v) is 7.92. The van der Waals surface area contributed by atoms with Gasteiger partial charge < -0.3 is 25.4 Å². The summed E-state index contributed by atoms with van der Waals surface area (Å²) in [4.78, 5) is 34.6. The molecular weight excluding hydrogens is 498 g/mol. The van der Waals surface area contributed by atoms with Gasteiger partial charge in [0.2, 0.25) is 5.91 Å². The lowest BCUT2D eigenvalue weighted by Crippen LogP contribution is -2.53. The molecule has 5 rings (SSSR count). The Hall–Kier alpha value is -4.10. The third-order valence-electron chi connectivity index (χ3n) is 7.92. The highest BCUT2D eigenvalue weighted by atomic mass is 16.2. The Bertz CT molecular complexity index is 1440. The number of benzene rings is 3. The Morgan fingerprint density at radius 1 is 0.975 bits per heavy atom. The van der Waals surface area contributed by atoms with E-state index in [1.54, 1.807) is 0 Å². The van der Waals surface area contributed by atoms with Crippen molar-refractivity contribution in [2.45, 2.75) is 44.2 Å². The Labute approximate surface area is 236 Å². The number of piperidine rings is 1. The highest BCUT2D eigenvalue weighted by Gasteiger charge is 2.32. The van der Waals surface area contributed by atoms with Crippen molar-refractivity contribution in [1.82, 2.24) is 20.1 Å². The van der Waals surface area contributed by atoms with E-state index < -0.39 is 6.04 Å². The van der Waals surface area contributed by atoms with Crippen LogP contribution in [0.25, 0.3) is 10.9 Å². The van der Waals surface area contributed by atoms with Crippen molar-refractivity contribution >= 4 is 28.5 Å².